The molecule has 1 heterocycles. The molecule has 5 heteroatoms. The number of carbonyl (C=O) groups is 1. The summed E-state index contributed by atoms with van der Waals surface area (Å²) in [6.45, 7) is 1.70. The first kappa shape index (κ1) is 10.8. The number of aromatic hydroxyl groups is 1. The molecule has 5 nitrogen and oxygen atoms in total. The summed E-state index contributed by atoms with van der Waals surface area (Å²) in [4.78, 5) is 11.5. The zero-order valence-electron chi connectivity index (χ0n) is 9.23. The summed E-state index contributed by atoms with van der Waals surface area (Å²) < 4.78 is 15.2. The summed E-state index contributed by atoms with van der Waals surface area (Å²) in [6, 6.07) is 1.37. The lowest BCUT2D eigenvalue weighted by Gasteiger charge is -2.14. The van der Waals surface area contributed by atoms with Crippen molar-refractivity contribution in [1.82, 2.24) is 0 Å². The van der Waals surface area contributed by atoms with E-state index in [1.54, 1.807) is 6.92 Å². The number of rotatable bonds is 2. The topological polar surface area (TPSA) is 65.0 Å². The fourth-order valence-electron chi connectivity index (χ4n) is 1.81. The minimum Gasteiger partial charge on any atom is -0.508 e. The Morgan fingerprint density at radius 3 is 2.69 bits per heavy atom. The highest BCUT2D eigenvalue weighted by atomic mass is 16.7. The van der Waals surface area contributed by atoms with E-state index in [9.17, 15) is 9.90 Å². The molecule has 2 rings (SSSR count). The second kappa shape index (κ2) is 3.68. The van der Waals surface area contributed by atoms with Gasteiger partial charge in [-0.2, -0.15) is 0 Å². The average Bonchev–Trinajstić information content (AvgIpc) is 2.58. The maximum atomic E-state index is 11.5. The predicted octanol–water partition coefficient (Wildman–Crippen LogP) is 1.52. The van der Waals surface area contributed by atoms with E-state index in [1.807, 2.05) is 0 Å². The molecule has 0 saturated heterocycles. The van der Waals surface area contributed by atoms with E-state index in [0.29, 0.717) is 16.9 Å². The zero-order chi connectivity index (χ0) is 11.9. The fourth-order valence-corrected chi connectivity index (χ4v) is 1.81. The molecule has 0 aliphatic carbocycles. The van der Waals surface area contributed by atoms with Crippen molar-refractivity contribution in [3.63, 3.8) is 0 Å². The summed E-state index contributed by atoms with van der Waals surface area (Å²) in [5, 5.41) is 9.64. The number of esters is 1. The molecule has 0 saturated carbocycles. The third kappa shape index (κ3) is 1.32. The van der Waals surface area contributed by atoms with Crippen LogP contribution in [0, 0.1) is 6.92 Å². The number of methoxy groups -OCH3 is 2. The third-order valence-electron chi connectivity index (χ3n) is 2.63. The molecular weight excluding hydrogens is 212 g/mol. The van der Waals surface area contributed by atoms with Crippen molar-refractivity contribution in [3.05, 3.63) is 22.8 Å². The lowest BCUT2D eigenvalue weighted by molar-refractivity contribution is -0.0823. The van der Waals surface area contributed by atoms with Crippen molar-refractivity contribution >= 4 is 5.97 Å². The Kier molecular flexibility index (Phi) is 2.47. The van der Waals surface area contributed by atoms with Gasteiger partial charge in [0.05, 0.1) is 18.2 Å². The Morgan fingerprint density at radius 1 is 1.44 bits per heavy atom. The van der Waals surface area contributed by atoms with Crippen LogP contribution in [-0.4, -0.2) is 25.3 Å². The maximum absolute atomic E-state index is 11.5. The second-order valence-corrected chi connectivity index (χ2v) is 3.49. The van der Waals surface area contributed by atoms with Crippen molar-refractivity contribution in [2.24, 2.45) is 0 Å². The molecular formula is C11H12O5. The Labute approximate surface area is 92.5 Å². The molecule has 0 bridgehead atoms. The molecule has 1 aliphatic heterocycles. The van der Waals surface area contributed by atoms with Gasteiger partial charge in [-0.3, -0.25) is 0 Å². The Balaban J connectivity index is 2.70. The molecule has 16 heavy (non-hydrogen) atoms. The largest absolute Gasteiger partial charge is 0.508 e. The van der Waals surface area contributed by atoms with Gasteiger partial charge < -0.3 is 19.3 Å². The van der Waals surface area contributed by atoms with Crippen LogP contribution in [0.25, 0.3) is 0 Å². The van der Waals surface area contributed by atoms with Gasteiger partial charge in [-0.25, -0.2) is 4.79 Å². The van der Waals surface area contributed by atoms with Crippen LogP contribution in [0.1, 0.15) is 27.8 Å². The van der Waals surface area contributed by atoms with Gasteiger partial charge in [0.25, 0.3) is 0 Å². The van der Waals surface area contributed by atoms with E-state index in [-0.39, 0.29) is 11.3 Å². The summed E-state index contributed by atoms with van der Waals surface area (Å²) in [6.07, 6.45) is -0.767. The van der Waals surface area contributed by atoms with Crippen LogP contribution in [0.5, 0.6) is 11.5 Å². The van der Waals surface area contributed by atoms with Gasteiger partial charge in [-0.05, 0) is 13.0 Å². The number of hydrogen-bond donors (Lipinski definition) is 1. The minimum atomic E-state index is -0.767. The van der Waals surface area contributed by atoms with Crippen LogP contribution in [0.15, 0.2) is 6.07 Å². The highest BCUT2D eigenvalue weighted by molar-refractivity contribution is 5.95. The van der Waals surface area contributed by atoms with Crippen molar-refractivity contribution in [3.8, 4) is 11.5 Å². The van der Waals surface area contributed by atoms with E-state index >= 15 is 0 Å². The molecule has 0 spiro atoms. The Morgan fingerprint density at radius 2 is 2.12 bits per heavy atom. The van der Waals surface area contributed by atoms with Gasteiger partial charge in [0.2, 0.25) is 6.29 Å². The van der Waals surface area contributed by atoms with Gasteiger partial charge in [-0.15, -0.1) is 0 Å². The predicted molar refractivity (Wildman–Crippen MR) is 54.6 cm³/mol. The second-order valence-electron chi connectivity index (χ2n) is 3.49. The first-order valence-electron chi connectivity index (χ1n) is 4.74. The van der Waals surface area contributed by atoms with E-state index in [0.717, 1.165) is 0 Å². The summed E-state index contributed by atoms with van der Waals surface area (Å²) in [5.41, 5.74) is 1.37. The van der Waals surface area contributed by atoms with Gasteiger partial charge in [-0.1, -0.05) is 0 Å². The first-order chi connectivity index (χ1) is 7.60. The van der Waals surface area contributed by atoms with E-state index in [1.165, 1.54) is 20.3 Å². The molecule has 0 fully saturated rings. The number of carbonyl (C=O) groups excluding carboxylic acids is 1. The van der Waals surface area contributed by atoms with E-state index in [2.05, 4.69) is 0 Å². The normalized spacial score (nSPS) is 18.2. The summed E-state index contributed by atoms with van der Waals surface area (Å²) in [5.74, 6) is -0.0903. The summed E-state index contributed by atoms with van der Waals surface area (Å²) in [7, 11) is 2.91. The van der Waals surface area contributed by atoms with Gasteiger partial charge in [0.1, 0.15) is 11.5 Å². The number of hydrogen-bond acceptors (Lipinski definition) is 5. The molecule has 1 aliphatic rings. The summed E-state index contributed by atoms with van der Waals surface area (Å²) >= 11 is 0. The highest BCUT2D eigenvalue weighted by Crippen LogP contribution is 2.43. The molecule has 1 aromatic rings. The standard InChI is InChI=1S/C11H12O5/c1-5-7(12)4-6-8(9(5)14-2)11(15-3)16-10(6)13/h4,11-12H,1-3H3. The molecule has 1 unspecified atom stereocenters. The van der Waals surface area contributed by atoms with Gasteiger partial charge >= 0.3 is 5.97 Å². The van der Waals surface area contributed by atoms with Crippen LogP contribution < -0.4 is 4.74 Å². The first-order valence-corrected chi connectivity index (χ1v) is 4.74. The quantitative estimate of drug-likeness (QED) is 0.771. The molecule has 0 amide bonds. The Hall–Kier alpha value is -1.75. The van der Waals surface area contributed by atoms with Crippen LogP contribution in [0.2, 0.25) is 0 Å². The number of phenolic OH excluding ortho intramolecular Hbond substituents is 1. The number of benzene rings is 1. The van der Waals surface area contributed by atoms with Crippen LogP contribution in [-0.2, 0) is 9.47 Å². The molecule has 1 atom stereocenters. The number of phenols is 1. The SMILES string of the molecule is COc1c(C)c(O)cc2c1C(OC)OC2=O. The van der Waals surface area contributed by atoms with Crippen LogP contribution in [0.4, 0.5) is 0 Å². The van der Waals surface area contributed by atoms with Crippen LogP contribution >= 0.6 is 0 Å². The molecule has 86 valence electrons. The fraction of sp³-hybridized carbons (Fsp3) is 0.364. The van der Waals surface area contributed by atoms with E-state index in [4.69, 9.17) is 14.2 Å². The lowest BCUT2D eigenvalue weighted by atomic mass is 10.0. The third-order valence-corrected chi connectivity index (χ3v) is 2.63. The molecule has 0 aromatic heterocycles. The number of fused-ring (bicyclic) bond motifs is 1. The zero-order valence-corrected chi connectivity index (χ0v) is 9.23. The van der Waals surface area contributed by atoms with Crippen molar-refractivity contribution in [2.75, 3.05) is 14.2 Å². The smallest absolute Gasteiger partial charge is 0.341 e. The maximum Gasteiger partial charge on any atom is 0.341 e. The van der Waals surface area contributed by atoms with Gasteiger partial charge in [0, 0.05) is 12.7 Å². The minimum absolute atomic E-state index is 0.00398. The van der Waals surface area contributed by atoms with Gasteiger partial charge in [0.15, 0.2) is 0 Å². The monoisotopic (exact) mass is 224 g/mol. The van der Waals surface area contributed by atoms with Crippen LogP contribution in [0.3, 0.4) is 0 Å². The van der Waals surface area contributed by atoms with E-state index < -0.39 is 12.3 Å². The van der Waals surface area contributed by atoms with Crippen molar-refractivity contribution < 1.29 is 24.1 Å². The molecule has 1 aromatic carbocycles. The average molecular weight is 224 g/mol. The molecule has 0 radical (unpaired) electrons. The highest BCUT2D eigenvalue weighted by Gasteiger charge is 2.36. The number of cyclic esters (lactones) is 1. The van der Waals surface area contributed by atoms with Crippen molar-refractivity contribution in [2.45, 2.75) is 13.2 Å². The molecule has 1 N–H and O–H groups in total. The lowest BCUT2D eigenvalue weighted by Crippen LogP contribution is -2.02. The number of ether oxygens (including phenoxy) is 3. The van der Waals surface area contributed by atoms with Crippen molar-refractivity contribution in [1.29, 1.82) is 0 Å². The Bertz CT molecular complexity index is 452.